The molecule has 0 spiro atoms. The second kappa shape index (κ2) is 6.39. The molecule has 2 aliphatic rings. The molecule has 4 rings (SSSR count). The Hall–Kier alpha value is -1.85. The molecule has 2 aromatic rings. The molecule has 5 heteroatoms. The van der Waals surface area contributed by atoms with Crippen LogP contribution in [0.15, 0.2) is 54.6 Å². The summed E-state index contributed by atoms with van der Waals surface area (Å²) in [5, 5.41) is 11.2. The normalized spacial score (nSPS) is 29.1. The van der Waals surface area contributed by atoms with Gasteiger partial charge in [-0.25, -0.2) is 0 Å². The minimum Gasteiger partial charge on any atom is -0.385 e. The number of benzene rings is 2. The number of nitrogens with zero attached hydrogens (tertiary/aromatic N) is 1. The van der Waals surface area contributed by atoms with Crippen molar-refractivity contribution in [2.75, 3.05) is 0 Å². The molecule has 2 heterocycles. The lowest BCUT2D eigenvalue weighted by Crippen LogP contribution is -2.49. The second-order valence-corrected chi connectivity index (χ2v) is 7.53. The zero-order chi connectivity index (χ0) is 18.4. The highest BCUT2D eigenvalue weighted by Gasteiger charge is 2.50. The number of alkyl halides is 3. The molecule has 26 heavy (non-hydrogen) atoms. The summed E-state index contributed by atoms with van der Waals surface area (Å²) in [6.45, 7) is 0.785. The van der Waals surface area contributed by atoms with Crippen LogP contribution < -0.4 is 0 Å². The quantitative estimate of drug-likeness (QED) is 0.855. The van der Waals surface area contributed by atoms with Gasteiger partial charge < -0.3 is 5.11 Å². The molecular formula is C21H22F3NO. The fourth-order valence-corrected chi connectivity index (χ4v) is 4.72. The highest BCUT2D eigenvalue weighted by atomic mass is 19.4. The van der Waals surface area contributed by atoms with Crippen molar-refractivity contribution >= 4 is 0 Å². The van der Waals surface area contributed by atoms with E-state index in [0.717, 1.165) is 25.5 Å². The van der Waals surface area contributed by atoms with Crippen molar-refractivity contribution in [3.63, 3.8) is 0 Å². The van der Waals surface area contributed by atoms with Crippen molar-refractivity contribution in [1.82, 2.24) is 4.90 Å². The number of fused-ring (bicyclic) bond motifs is 2. The van der Waals surface area contributed by atoms with E-state index in [9.17, 15) is 18.3 Å². The zero-order valence-corrected chi connectivity index (χ0v) is 14.4. The van der Waals surface area contributed by atoms with Crippen LogP contribution in [-0.4, -0.2) is 22.1 Å². The molecule has 138 valence electrons. The van der Waals surface area contributed by atoms with Gasteiger partial charge in [0.05, 0.1) is 11.2 Å². The van der Waals surface area contributed by atoms with Crippen LogP contribution in [0.5, 0.6) is 0 Å². The first-order chi connectivity index (χ1) is 12.4. The Balaban J connectivity index is 1.61. The third kappa shape index (κ3) is 3.14. The van der Waals surface area contributed by atoms with Crippen LogP contribution in [0.2, 0.25) is 0 Å². The van der Waals surface area contributed by atoms with Crippen molar-refractivity contribution in [1.29, 1.82) is 0 Å². The van der Waals surface area contributed by atoms with E-state index in [4.69, 9.17) is 0 Å². The summed E-state index contributed by atoms with van der Waals surface area (Å²) < 4.78 is 40.3. The monoisotopic (exact) mass is 361 g/mol. The van der Waals surface area contributed by atoms with E-state index in [1.807, 2.05) is 18.2 Å². The molecule has 2 fully saturated rings. The van der Waals surface area contributed by atoms with Crippen LogP contribution >= 0.6 is 0 Å². The molecule has 0 saturated carbocycles. The third-order valence-electron chi connectivity index (χ3n) is 5.86. The summed E-state index contributed by atoms with van der Waals surface area (Å²) in [4.78, 5) is 2.36. The first kappa shape index (κ1) is 17.6. The maximum absolute atomic E-state index is 13.4. The Kier molecular flexibility index (Phi) is 4.32. The van der Waals surface area contributed by atoms with Crippen LogP contribution in [0.3, 0.4) is 0 Å². The summed E-state index contributed by atoms with van der Waals surface area (Å²) in [5.41, 5.74) is -0.891. The maximum Gasteiger partial charge on any atom is 0.416 e. The average molecular weight is 361 g/mol. The van der Waals surface area contributed by atoms with Gasteiger partial charge in [0.2, 0.25) is 0 Å². The molecule has 0 aliphatic carbocycles. The Morgan fingerprint density at radius 3 is 2.12 bits per heavy atom. The standard InChI is InChI=1S/C21H22F3NO/c22-21(23,24)19-9-5-4-8-18(19)20(26)12-16-10-11-17(13-20)25(16)14-15-6-2-1-3-7-15/h1-9,16-17,26H,10-14H2. The molecule has 2 saturated heterocycles. The Morgan fingerprint density at radius 1 is 0.923 bits per heavy atom. The van der Waals surface area contributed by atoms with Crippen molar-refractivity contribution in [3.8, 4) is 0 Å². The van der Waals surface area contributed by atoms with Gasteiger partial charge in [-0.15, -0.1) is 0 Å². The Bertz CT molecular complexity index is 760. The lowest BCUT2D eigenvalue weighted by molar-refractivity contribution is -0.143. The van der Waals surface area contributed by atoms with E-state index >= 15 is 0 Å². The molecule has 1 N–H and O–H groups in total. The zero-order valence-electron chi connectivity index (χ0n) is 14.4. The lowest BCUT2D eigenvalue weighted by atomic mass is 9.78. The molecule has 2 atom stereocenters. The molecule has 0 amide bonds. The van der Waals surface area contributed by atoms with Crippen LogP contribution in [0, 0.1) is 0 Å². The van der Waals surface area contributed by atoms with Gasteiger partial charge in [0.25, 0.3) is 0 Å². The molecule has 2 aromatic carbocycles. The number of hydrogen-bond acceptors (Lipinski definition) is 2. The number of hydrogen-bond donors (Lipinski definition) is 1. The van der Waals surface area contributed by atoms with Gasteiger partial charge in [0.1, 0.15) is 0 Å². The third-order valence-corrected chi connectivity index (χ3v) is 5.86. The van der Waals surface area contributed by atoms with E-state index < -0.39 is 17.3 Å². The summed E-state index contributed by atoms with van der Waals surface area (Å²) in [6.07, 6.45) is -1.90. The smallest absolute Gasteiger partial charge is 0.385 e. The largest absolute Gasteiger partial charge is 0.416 e. The van der Waals surface area contributed by atoms with Gasteiger partial charge in [-0.05, 0) is 42.9 Å². The topological polar surface area (TPSA) is 23.5 Å². The fourth-order valence-electron chi connectivity index (χ4n) is 4.72. The first-order valence-corrected chi connectivity index (χ1v) is 9.05. The molecule has 0 aromatic heterocycles. The summed E-state index contributed by atoms with van der Waals surface area (Å²) in [5.74, 6) is 0. The van der Waals surface area contributed by atoms with Gasteiger partial charge >= 0.3 is 6.18 Å². The van der Waals surface area contributed by atoms with E-state index in [2.05, 4.69) is 17.0 Å². The van der Waals surface area contributed by atoms with Crippen molar-refractivity contribution in [2.24, 2.45) is 0 Å². The number of aliphatic hydroxyl groups is 1. The molecule has 2 unspecified atom stereocenters. The van der Waals surface area contributed by atoms with Crippen LogP contribution in [0.25, 0.3) is 0 Å². The Labute approximate surface area is 151 Å². The van der Waals surface area contributed by atoms with Gasteiger partial charge in [-0.3, -0.25) is 4.90 Å². The van der Waals surface area contributed by atoms with Crippen molar-refractivity contribution in [2.45, 2.75) is 56.1 Å². The van der Waals surface area contributed by atoms with Gasteiger partial charge in [0, 0.05) is 18.6 Å². The molecule has 2 bridgehead atoms. The Morgan fingerprint density at radius 2 is 1.50 bits per heavy atom. The second-order valence-electron chi connectivity index (χ2n) is 7.53. The number of piperidine rings is 1. The summed E-state index contributed by atoms with van der Waals surface area (Å²) in [6, 6.07) is 15.8. The van der Waals surface area contributed by atoms with Gasteiger partial charge in [-0.1, -0.05) is 48.5 Å². The molecule has 2 aliphatic heterocycles. The highest BCUT2D eigenvalue weighted by Crippen LogP contribution is 2.48. The number of rotatable bonds is 3. The number of halogens is 3. The van der Waals surface area contributed by atoms with Crippen molar-refractivity contribution in [3.05, 3.63) is 71.3 Å². The average Bonchev–Trinajstić information content (AvgIpc) is 2.86. The predicted octanol–water partition coefficient (Wildman–Crippen LogP) is 4.72. The van der Waals surface area contributed by atoms with Gasteiger partial charge in [0.15, 0.2) is 0 Å². The molecular weight excluding hydrogens is 339 g/mol. The maximum atomic E-state index is 13.4. The predicted molar refractivity (Wildman–Crippen MR) is 93.4 cm³/mol. The minimum atomic E-state index is -4.45. The minimum absolute atomic E-state index is 0.0313. The molecule has 0 radical (unpaired) electrons. The van der Waals surface area contributed by atoms with E-state index in [1.54, 1.807) is 6.07 Å². The summed E-state index contributed by atoms with van der Waals surface area (Å²) >= 11 is 0. The van der Waals surface area contributed by atoms with Crippen LogP contribution in [0.4, 0.5) is 13.2 Å². The van der Waals surface area contributed by atoms with Crippen LogP contribution in [0.1, 0.15) is 42.4 Å². The van der Waals surface area contributed by atoms with E-state index in [0.29, 0.717) is 12.8 Å². The molecule has 2 nitrogen and oxygen atoms in total. The SMILES string of the molecule is OC1(c2ccccc2C(F)(F)F)CC2CCC(C1)N2Cc1ccccc1. The van der Waals surface area contributed by atoms with Crippen molar-refractivity contribution < 1.29 is 18.3 Å². The van der Waals surface area contributed by atoms with Crippen LogP contribution in [-0.2, 0) is 18.3 Å². The highest BCUT2D eigenvalue weighted by molar-refractivity contribution is 5.36. The van der Waals surface area contributed by atoms with Gasteiger partial charge in [-0.2, -0.15) is 13.2 Å². The summed E-state index contributed by atoms with van der Waals surface area (Å²) in [7, 11) is 0. The van der Waals surface area contributed by atoms with E-state index in [1.165, 1.54) is 17.7 Å². The lowest BCUT2D eigenvalue weighted by Gasteiger charge is -2.44. The van der Waals surface area contributed by atoms with E-state index in [-0.39, 0.29) is 17.6 Å². The fraction of sp³-hybridized carbons (Fsp3) is 0.429. The first-order valence-electron chi connectivity index (χ1n) is 9.05.